The summed E-state index contributed by atoms with van der Waals surface area (Å²) < 4.78 is 6.84. The van der Waals surface area contributed by atoms with Gasteiger partial charge in [-0.25, -0.2) is 0 Å². The molecule has 0 bridgehead atoms. The fraction of sp³-hybridized carbons (Fsp3) is 0.692. The molecule has 1 aromatic rings. The van der Waals surface area contributed by atoms with E-state index >= 15 is 0 Å². The number of rotatable bonds is 8. The van der Waals surface area contributed by atoms with Crippen LogP contribution in [-0.4, -0.2) is 19.8 Å². The van der Waals surface area contributed by atoms with E-state index in [0.29, 0.717) is 6.04 Å². The van der Waals surface area contributed by atoms with Gasteiger partial charge in [-0.2, -0.15) is 11.3 Å². The maximum atomic E-state index is 5.65. The second kappa shape index (κ2) is 8.25. The molecule has 0 amide bonds. The van der Waals surface area contributed by atoms with Crippen LogP contribution in [0, 0.1) is 0 Å². The summed E-state index contributed by atoms with van der Waals surface area (Å²) in [6.45, 7) is 5.41. The number of halogens is 1. The molecule has 1 heterocycles. The first-order valence-electron chi connectivity index (χ1n) is 6.22. The van der Waals surface area contributed by atoms with Crippen molar-refractivity contribution in [2.24, 2.45) is 0 Å². The minimum atomic E-state index is 0.248. The Bertz CT molecular complexity index is 316. The zero-order valence-corrected chi connectivity index (χ0v) is 13.2. The predicted octanol–water partition coefficient (Wildman–Crippen LogP) is 4.37. The van der Waals surface area contributed by atoms with Gasteiger partial charge in [-0.15, -0.1) is 0 Å². The molecular formula is C13H22BrNOS. The number of methoxy groups -OCH3 is 1. The van der Waals surface area contributed by atoms with E-state index in [1.54, 1.807) is 18.4 Å². The highest BCUT2D eigenvalue weighted by Crippen LogP contribution is 2.31. The van der Waals surface area contributed by atoms with E-state index < -0.39 is 0 Å². The van der Waals surface area contributed by atoms with E-state index in [1.807, 2.05) is 0 Å². The van der Waals surface area contributed by atoms with Crippen molar-refractivity contribution in [1.29, 1.82) is 0 Å². The van der Waals surface area contributed by atoms with E-state index in [1.165, 1.54) is 10.0 Å². The van der Waals surface area contributed by atoms with Crippen molar-refractivity contribution in [3.63, 3.8) is 0 Å². The predicted molar refractivity (Wildman–Crippen MR) is 78.8 cm³/mol. The van der Waals surface area contributed by atoms with E-state index in [0.717, 1.165) is 25.8 Å². The van der Waals surface area contributed by atoms with E-state index in [2.05, 4.69) is 45.9 Å². The molecule has 0 aliphatic heterocycles. The molecule has 0 saturated carbocycles. The van der Waals surface area contributed by atoms with Crippen molar-refractivity contribution in [2.75, 3.05) is 13.7 Å². The summed E-state index contributed by atoms with van der Waals surface area (Å²) in [5, 5.41) is 7.94. The number of nitrogens with one attached hydrogen (secondary N) is 1. The molecular weight excluding hydrogens is 298 g/mol. The lowest BCUT2D eigenvalue weighted by Crippen LogP contribution is -2.33. The summed E-state index contributed by atoms with van der Waals surface area (Å²) in [6, 6.07) is 0.292. The second-order valence-electron chi connectivity index (χ2n) is 4.17. The highest BCUT2D eigenvalue weighted by Gasteiger charge is 2.24. The summed E-state index contributed by atoms with van der Waals surface area (Å²) in [6.07, 6.45) is 3.61. The van der Waals surface area contributed by atoms with Crippen LogP contribution >= 0.6 is 27.3 Å². The van der Waals surface area contributed by atoms with Crippen molar-refractivity contribution < 1.29 is 4.74 Å². The molecule has 1 rings (SSSR count). The van der Waals surface area contributed by atoms with Crippen molar-refractivity contribution in [3.05, 3.63) is 20.8 Å². The van der Waals surface area contributed by atoms with Crippen LogP contribution in [0.2, 0.25) is 0 Å². The molecule has 1 N–H and O–H groups in total. The van der Waals surface area contributed by atoms with Gasteiger partial charge >= 0.3 is 0 Å². The zero-order chi connectivity index (χ0) is 12.7. The molecule has 2 unspecified atom stereocenters. The first kappa shape index (κ1) is 15.2. The third-order valence-corrected chi connectivity index (χ3v) is 4.59. The van der Waals surface area contributed by atoms with Crippen molar-refractivity contribution in [2.45, 2.75) is 45.3 Å². The van der Waals surface area contributed by atoms with Gasteiger partial charge in [0.05, 0.1) is 12.1 Å². The normalized spacial score (nSPS) is 14.8. The number of ether oxygens (including phenoxy) is 1. The Morgan fingerprint density at radius 1 is 1.35 bits per heavy atom. The van der Waals surface area contributed by atoms with E-state index in [-0.39, 0.29) is 6.10 Å². The molecule has 17 heavy (non-hydrogen) atoms. The van der Waals surface area contributed by atoms with Gasteiger partial charge in [-0.05, 0) is 46.3 Å². The fourth-order valence-corrected chi connectivity index (χ4v) is 3.54. The molecule has 0 saturated heterocycles. The first-order valence-corrected chi connectivity index (χ1v) is 7.95. The summed E-state index contributed by atoms with van der Waals surface area (Å²) in [7, 11) is 1.81. The molecule has 98 valence electrons. The number of hydrogen-bond acceptors (Lipinski definition) is 3. The van der Waals surface area contributed by atoms with Crippen molar-refractivity contribution in [1.82, 2.24) is 5.32 Å². The highest BCUT2D eigenvalue weighted by molar-refractivity contribution is 9.10. The molecule has 0 fully saturated rings. The number of thiophene rings is 1. The summed E-state index contributed by atoms with van der Waals surface area (Å²) >= 11 is 5.35. The van der Waals surface area contributed by atoms with Gasteiger partial charge in [0.25, 0.3) is 0 Å². The van der Waals surface area contributed by atoms with Crippen LogP contribution in [0.5, 0.6) is 0 Å². The summed E-state index contributed by atoms with van der Waals surface area (Å²) in [5.41, 5.74) is 1.32. The summed E-state index contributed by atoms with van der Waals surface area (Å²) in [5.74, 6) is 0. The minimum Gasteiger partial charge on any atom is -0.379 e. The van der Waals surface area contributed by atoms with Crippen molar-refractivity contribution in [3.8, 4) is 0 Å². The third kappa shape index (κ3) is 4.36. The van der Waals surface area contributed by atoms with Gasteiger partial charge in [-0.3, -0.25) is 0 Å². The van der Waals surface area contributed by atoms with Gasteiger partial charge in [0.2, 0.25) is 0 Å². The van der Waals surface area contributed by atoms with Gasteiger partial charge in [0.15, 0.2) is 0 Å². The molecule has 0 aliphatic rings. The molecule has 0 aromatic carbocycles. The molecule has 0 spiro atoms. The largest absolute Gasteiger partial charge is 0.379 e. The maximum absolute atomic E-state index is 5.65. The summed E-state index contributed by atoms with van der Waals surface area (Å²) in [4.78, 5) is 0. The van der Waals surface area contributed by atoms with Crippen LogP contribution in [0.4, 0.5) is 0 Å². The van der Waals surface area contributed by atoms with Crippen LogP contribution in [0.15, 0.2) is 15.2 Å². The molecule has 4 heteroatoms. The molecule has 0 aliphatic carbocycles. The lowest BCUT2D eigenvalue weighted by atomic mass is 10.0. The van der Waals surface area contributed by atoms with Crippen LogP contribution < -0.4 is 5.32 Å². The van der Waals surface area contributed by atoms with Crippen LogP contribution in [0.1, 0.15) is 44.7 Å². The quantitative estimate of drug-likeness (QED) is 0.768. The third-order valence-electron chi connectivity index (χ3n) is 2.84. The Balaban J connectivity index is 2.82. The zero-order valence-electron chi connectivity index (χ0n) is 10.8. The van der Waals surface area contributed by atoms with E-state index in [9.17, 15) is 0 Å². The highest BCUT2D eigenvalue weighted by atomic mass is 79.9. The SMILES string of the molecule is CCCNC(c1cscc1Br)C(CCC)OC. The second-order valence-corrected chi connectivity index (χ2v) is 5.77. The van der Waals surface area contributed by atoms with Gasteiger partial charge < -0.3 is 10.1 Å². The standard InChI is InChI=1S/C13H22BrNOS/c1-4-6-12(16-3)13(15-7-5-2)10-8-17-9-11(10)14/h8-9,12-13,15H,4-7H2,1-3H3. The lowest BCUT2D eigenvalue weighted by Gasteiger charge is -2.27. The first-order chi connectivity index (χ1) is 8.24. The monoisotopic (exact) mass is 319 g/mol. The Morgan fingerprint density at radius 3 is 2.59 bits per heavy atom. The van der Waals surface area contributed by atoms with Gasteiger partial charge in [0, 0.05) is 17.0 Å². The Hall–Kier alpha value is 0.1000. The lowest BCUT2D eigenvalue weighted by molar-refractivity contribution is 0.0605. The molecule has 2 atom stereocenters. The smallest absolute Gasteiger partial charge is 0.0766 e. The number of hydrogen-bond donors (Lipinski definition) is 1. The Labute approximate surface area is 117 Å². The van der Waals surface area contributed by atoms with Crippen molar-refractivity contribution >= 4 is 27.3 Å². The maximum Gasteiger partial charge on any atom is 0.0766 e. The van der Waals surface area contributed by atoms with Crippen LogP contribution in [0.25, 0.3) is 0 Å². The average molecular weight is 320 g/mol. The average Bonchev–Trinajstić information content (AvgIpc) is 2.75. The minimum absolute atomic E-state index is 0.248. The van der Waals surface area contributed by atoms with Gasteiger partial charge in [0.1, 0.15) is 0 Å². The Morgan fingerprint density at radius 2 is 2.12 bits per heavy atom. The molecule has 0 radical (unpaired) electrons. The van der Waals surface area contributed by atoms with Gasteiger partial charge in [-0.1, -0.05) is 20.3 Å². The molecule has 1 aromatic heterocycles. The van der Waals surface area contributed by atoms with E-state index in [4.69, 9.17) is 4.74 Å². The van der Waals surface area contributed by atoms with Crippen LogP contribution in [0.3, 0.4) is 0 Å². The topological polar surface area (TPSA) is 21.3 Å². The Kier molecular flexibility index (Phi) is 7.35. The molecule has 2 nitrogen and oxygen atoms in total. The fourth-order valence-electron chi connectivity index (χ4n) is 1.96. The van der Waals surface area contributed by atoms with Crippen LogP contribution in [-0.2, 0) is 4.74 Å².